The first-order chi connectivity index (χ1) is 9.11. The molecule has 2 N–H and O–H groups in total. The molecule has 0 amide bonds. The van der Waals surface area contributed by atoms with Gasteiger partial charge in [0.25, 0.3) is 0 Å². The summed E-state index contributed by atoms with van der Waals surface area (Å²) in [6, 6.07) is 1.47. The van der Waals surface area contributed by atoms with Gasteiger partial charge in [-0.25, -0.2) is 4.39 Å². The standard InChI is InChI=1S/C15H23FN2O/c1-2-12-3-5-15(19,6-4-12)11-18-9-13-7-14(16)10-17-8-13/h7-8,10,12,18-19H,2-6,9,11H2,1H3. The predicted octanol–water partition coefficient (Wildman–Crippen LogP) is 2.64. The summed E-state index contributed by atoms with van der Waals surface area (Å²) in [6.45, 7) is 3.33. The average molecular weight is 266 g/mol. The molecule has 1 aromatic rings. The lowest BCUT2D eigenvalue weighted by atomic mass is 9.78. The van der Waals surface area contributed by atoms with Crippen LogP contribution in [0.15, 0.2) is 18.5 Å². The van der Waals surface area contributed by atoms with Crippen molar-refractivity contribution in [2.45, 2.75) is 51.2 Å². The smallest absolute Gasteiger partial charge is 0.141 e. The van der Waals surface area contributed by atoms with Crippen LogP contribution in [-0.4, -0.2) is 22.2 Å². The summed E-state index contributed by atoms with van der Waals surface area (Å²) >= 11 is 0. The lowest BCUT2D eigenvalue weighted by Gasteiger charge is -2.36. The fraction of sp³-hybridized carbons (Fsp3) is 0.667. The van der Waals surface area contributed by atoms with Crippen molar-refractivity contribution in [3.8, 4) is 0 Å². The number of rotatable bonds is 5. The Morgan fingerprint density at radius 3 is 2.79 bits per heavy atom. The Morgan fingerprint density at radius 1 is 1.42 bits per heavy atom. The van der Waals surface area contributed by atoms with Crippen LogP contribution in [0.3, 0.4) is 0 Å². The summed E-state index contributed by atoms with van der Waals surface area (Å²) in [5, 5.41) is 13.7. The van der Waals surface area contributed by atoms with Gasteiger partial charge in [0, 0.05) is 19.3 Å². The van der Waals surface area contributed by atoms with Crippen molar-refractivity contribution in [2.24, 2.45) is 5.92 Å². The third-order valence-corrected chi connectivity index (χ3v) is 4.16. The Bertz CT molecular complexity index is 403. The molecule has 0 atom stereocenters. The third-order valence-electron chi connectivity index (χ3n) is 4.16. The van der Waals surface area contributed by atoms with Gasteiger partial charge in [0.1, 0.15) is 5.82 Å². The van der Waals surface area contributed by atoms with Crippen molar-refractivity contribution >= 4 is 0 Å². The molecule has 1 aliphatic carbocycles. The van der Waals surface area contributed by atoms with Gasteiger partial charge in [0.2, 0.25) is 0 Å². The number of hydrogen-bond donors (Lipinski definition) is 2. The predicted molar refractivity (Wildman–Crippen MR) is 73.1 cm³/mol. The molecule has 0 saturated heterocycles. The van der Waals surface area contributed by atoms with Crippen LogP contribution >= 0.6 is 0 Å². The zero-order valence-electron chi connectivity index (χ0n) is 11.5. The van der Waals surface area contributed by atoms with Crippen molar-refractivity contribution in [2.75, 3.05) is 6.54 Å². The molecule has 0 radical (unpaired) electrons. The monoisotopic (exact) mass is 266 g/mol. The van der Waals surface area contributed by atoms with Gasteiger partial charge >= 0.3 is 0 Å². The molecule has 0 aliphatic heterocycles. The SMILES string of the molecule is CCC1CCC(O)(CNCc2cncc(F)c2)CC1. The first-order valence-electron chi connectivity index (χ1n) is 7.14. The van der Waals surface area contributed by atoms with E-state index in [9.17, 15) is 9.50 Å². The summed E-state index contributed by atoms with van der Waals surface area (Å²) in [7, 11) is 0. The third kappa shape index (κ3) is 4.25. The molecule has 19 heavy (non-hydrogen) atoms. The quantitative estimate of drug-likeness (QED) is 0.861. The number of pyridine rings is 1. The fourth-order valence-electron chi connectivity index (χ4n) is 2.79. The Kier molecular flexibility index (Phi) is 4.88. The van der Waals surface area contributed by atoms with Crippen molar-refractivity contribution in [1.29, 1.82) is 0 Å². The second-order valence-corrected chi connectivity index (χ2v) is 5.69. The van der Waals surface area contributed by atoms with Gasteiger partial charge in [0.05, 0.1) is 11.8 Å². The minimum Gasteiger partial charge on any atom is -0.389 e. The normalized spacial score (nSPS) is 27.4. The van der Waals surface area contributed by atoms with E-state index in [-0.39, 0.29) is 5.82 Å². The van der Waals surface area contributed by atoms with Crippen LogP contribution in [0.4, 0.5) is 4.39 Å². The lowest BCUT2D eigenvalue weighted by molar-refractivity contribution is -0.00881. The van der Waals surface area contributed by atoms with Crippen LogP contribution in [0, 0.1) is 11.7 Å². The molecule has 106 valence electrons. The van der Waals surface area contributed by atoms with Gasteiger partial charge in [-0.1, -0.05) is 13.3 Å². The molecule has 1 aliphatic rings. The van der Waals surface area contributed by atoms with E-state index < -0.39 is 5.60 Å². The largest absolute Gasteiger partial charge is 0.389 e. The van der Waals surface area contributed by atoms with E-state index in [1.807, 2.05) is 0 Å². The summed E-state index contributed by atoms with van der Waals surface area (Å²) in [6.07, 6.45) is 7.99. The molecule has 0 unspecified atom stereocenters. The molecule has 0 aromatic carbocycles. The molecule has 1 heterocycles. The van der Waals surface area contributed by atoms with E-state index in [0.29, 0.717) is 13.1 Å². The average Bonchev–Trinajstić information content (AvgIpc) is 2.40. The number of nitrogens with one attached hydrogen (secondary N) is 1. The number of halogens is 1. The molecule has 4 heteroatoms. The van der Waals surface area contributed by atoms with Crippen molar-refractivity contribution in [3.05, 3.63) is 29.8 Å². The summed E-state index contributed by atoms with van der Waals surface area (Å²) in [4.78, 5) is 3.81. The first-order valence-corrected chi connectivity index (χ1v) is 7.14. The fourth-order valence-corrected chi connectivity index (χ4v) is 2.79. The van der Waals surface area contributed by atoms with Crippen molar-refractivity contribution in [1.82, 2.24) is 10.3 Å². The highest BCUT2D eigenvalue weighted by atomic mass is 19.1. The van der Waals surface area contributed by atoms with Crippen LogP contribution in [0.1, 0.15) is 44.6 Å². The molecule has 1 saturated carbocycles. The minimum absolute atomic E-state index is 0.318. The molecule has 1 aromatic heterocycles. The van der Waals surface area contributed by atoms with Gasteiger partial charge in [-0.15, -0.1) is 0 Å². The van der Waals surface area contributed by atoms with E-state index >= 15 is 0 Å². The highest BCUT2D eigenvalue weighted by Crippen LogP contribution is 2.33. The summed E-state index contributed by atoms with van der Waals surface area (Å²) in [5.41, 5.74) is 0.220. The first kappa shape index (κ1) is 14.4. The minimum atomic E-state index is -0.591. The highest BCUT2D eigenvalue weighted by Gasteiger charge is 2.31. The van der Waals surface area contributed by atoms with E-state index in [2.05, 4.69) is 17.2 Å². The van der Waals surface area contributed by atoms with Gasteiger partial charge in [0.15, 0.2) is 0 Å². The second-order valence-electron chi connectivity index (χ2n) is 5.69. The maximum atomic E-state index is 13.0. The Morgan fingerprint density at radius 2 is 2.16 bits per heavy atom. The van der Waals surface area contributed by atoms with Crippen molar-refractivity contribution in [3.63, 3.8) is 0 Å². The Balaban J connectivity index is 1.76. The lowest BCUT2D eigenvalue weighted by Crippen LogP contribution is -2.43. The molecular weight excluding hydrogens is 243 g/mol. The number of aliphatic hydroxyl groups is 1. The van der Waals surface area contributed by atoms with Gasteiger partial charge in [-0.3, -0.25) is 4.98 Å². The summed E-state index contributed by atoms with van der Waals surface area (Å²) < 4.78 is 13.0. The van der Waals surface area contributed by atoms with Gasteiger partial charge in [-0.05, 0) is 43.2 Å². The number of hydrogen-bond acceptors (Lipinski definition) is 3. The Hall–Kier alpha value is -1.00. The number of aromatic nitrogens is 1. The van der Waals surface area contributed by atoms with E-state index in [0.717, 1.165) is 37.2 Å². The highest BCUT2D eigenvalue weighted by molar-refractivity contribution is 5.09. The maximum absolute atomic E-state index is 13.0. The molecule has 1 fully saturated rings. The molecular formula is C15H23FN2O. The van der Waals surface area contributed by atoms with E-state index in [1.165, 1.54) is 18.7 Å². The number of nitrogens with zero attached hydrogens (tertiary/aromatic N) is 1. The van der Waals surface area contributed by atoms with Crippen molar-refractivity contribution < 1.29 is 9.50 Å². The van der Waals surface area contributed by atoms with Gasteiger partial charge in [-0.2, -0.15) is 0 Å². The zero-order chi connectivity index (χ0) is 13.7. The van der Waals surface area contributed by atoms with Gasteiger partial charge < -0.3 is 10.4 Å². The Labute approximate surface area is 114 Å². The topological polar surface area (TPSA) is 45.1 Å². The van der Waals surface area contributed by atoms with E-state index in [4.69, 9.17) is 0 Å². The van der Waals surface area contributed by atoms with E-state index in [1.54, 1.807) is 6.20 Å². The van der Waals surface area contributed by atoms with Crippen LogP contribution in [0.25, 0.3) is 0 Å². The summed E-state index contributed by atoms with van der Waals surface area (Å²) in [5.74, 6) is 0.453. The van der Waals surface area contributed by atoms with Crippen LogP contribution in [0.5, 0.6) is 0 Å². The zero-order valence-corrected chi connectivity index (χ0v) is 11.5. The molecule has 3 nitrogen and oxygen atoms in total. The molecule has 0 bridgehead atoms. The maximum Gasteiger partial charge on any atom is 0.141 e. The molecule has 0 spiro atoms. The second kappa shape index (κ2) is 6.44. The van der Waals surface area contributed by atoms with Crippen LogP contribution < -0.4 is 5.32 Å². The van der Waals surface area contributed by atoms with Crippen LogP contribution in [-0.2, 0) is 6.54 Å². The van der Waals surface area contributed by atoms with Crippen LogP contribution in [0.2, 0.25) is 0 Å². The molecule has 2 rings (SSSR count).